The van der Waals surface area contributed by atoms with Crippen molar-refractivity contribution in [2.75, 3.05) is 0 Å². The van der Waals surface area contributed by atoms with Crippen molar-refractivity contribution >= 4 is 11.9 Å². The van der Waals surface area contributed by atoms with Crippen LogP contribution in [0.3, 0.4) is 0 Å². The van der Waals surface area contributed by atoms with Gasteiger partial charge in [0, 0.05) is 12.8 Å². The van der Waals surface area contributed by atoms with E-state index in [2.05, 4.69) is 26.0 Å². The van der Waals surface area contributed by atoms with Crippen molar-refractivity contribution in [1.82, 2.24) is 0 Å². The van der Waals surface area contributed by atoms with Crippen molar-refractivity contribution in [2.24, 2.45) is 23.7 Å². The zero-order valence-electron chi connectivity index (χ0n) is 26.6. The Kier molecular flexibility index (Phi) is 23.3. The highest BCUT2D eigenvalue weighted by Crippen LogP contribution is 2.44. The lowest BCUT2D eigenvalue weighted by Crippen LogP contribution is -2.32. The Morgan fingerprint density at radius 2 is 0.750 bits per heavy atom. The zero-order chi connectivity index (χ0) is 29.3. The number of hydrogen-bond acceptors (Lipinski definition) is 2. The molecule has 1 aliphatic rings. The molecule has 0 saturated heterocycles. The third kappa shape index (κ3) is 18.9. The monoisotopic (exact) mass is 562 g/mol. The second kappa shape index (κ2) is 25.4. The van der Waals surface area contributed by atoms with E-state index in [1.54, 1.807) is 0 Å². The maximum Gasteiger partial charge on any atom is 0.303 e. The molecule has 234 valence electrons. The standard InChI is InChI=1S/C36H66O4/c1-3-5-7-12-19-25-33-31(23-17-6-4-2)29-30-32(24-18-13-8-10-15-21-27-35(37)38)34(33)26-20-14-9-11-16-22-28-36(39)40/h29-34H,3-28H2,1-2H3,(H,37,38)(H,39,40)/t31?,32?,33-,34?/m1/s1. The molecule has 1 aliphatic carbocycles. The first kappa shape index (κ1) is 36.7. The molecule has 40 heavy (non-hydrogen) atoms. The molecule has 0 saturated carbocycles. The summed E-state index contributed by atoms with van der Waals surface area (Å²) in [5.74, 6) is 1.84. The van der Waals surface area contributed by atoms with E-state index in [1.165, 1.54) is 128 Å². The third-order valence-corrected chi connectivity index (χ3v) is 9.39. The largest absolute Gasteiger partial charge is 0.481 e. The Bertz CT molecular complexity index is 643. The Morgan fingerprint density at radius 3 is 1.15 bits per heavy atom. The molecule has 4 nitrogen and oxygen atoms in total. The summed E-state index contributed by atoms with van der Waals surface area (Å²) in [5.41, 5.74) is 0. The van der Waals surface area contributed by atoms with E-state index in [4.69, 9.17) is 10.2 Å². The van der Waals surface area contributed by atoms with Crippen molar-refractivity contribution in [2.45, 2.75) is 181 Å². The molecule has 1 rings (SSSR count). The van der Waals surface area contributed by atoms with Gasteiger partial charge in [-0.05, 0) is 62.2 Å². The predicted octanol–water partition coefficient (Wildman–Crippen LogP) is 11.4. The van der Waals surface area contributed by atoms with Crippen molar-refractivity contribution in [1.29, 1.82) is 0 Å². The summed E-state index contributed by atoms with van der Waals surface area (Å²) >= 11 is 0. The third-order valence-electron chi connectivity index (χ3n) is 9.39. The number of allylic oxidation sites excluding steroid dienone is 2. The Labute approximate surface area is 248 Å². The van der Waals surface area contributed by atoms with Gasteiger partial charge in [-0.15, -0.1) is 0 Å². The molecule has 0 aliphatic heterocycles. The smallest absolute Gasteiger partial charge is 0.303 e. The van der Waals surface area contributed by atoms with Crippen LogP contribution in [0.15, 0.2) is 12.2 Å². The summed E-state index contributed by atoms with van der Waals surface area (Å²) in [4.78, 5) is 21.5. The summed E-state index contributed by atoms with van der Waals surface area (Å²) in [6.07, 6.45) is 36.0. The van der Waals surface area contributed by atoms with E-state index in [9.17, 15) is 9.59 Å². The van der Waals surface area contributed by atoms with Crippen LogP contribution in [0, 0.1) is 23.7 Å². The van der Waals surface area contributed by atoms with E-state index in [0.717, 1.165) is 49.4 Å². The lowest BCUT2D eigenvalue weighted by molar-refractivity contribution is -0.138. The summed E-state index contributed by atoms with van der Waals surface area (Å²) in [6.45, 7) is 4.62. The molecule has 0 heterocycles. The van der Waals surface area contributed by atoms with Gasteiger partial charge < -0.3 is 10.2 Å². The quantitative estimate of drug-likeness (QED) is 0.0734. The van der Waals surface area contributed by atoms with Crippen LogP contribution in [-0.2, 0) is 9.59 Å². The van der Waals surface area contributed by atoms with Crippen LogP contribution in [0.25, 0.3) is 0 Å². The van der Waals surface area contributed by atoms with Crippen LogP contribution in [0.4, 0.5) is 0 Å². The van der Waals surface area contributed by atoms with Crippen LogP contribution < -0.4 is 0 Å². The number of carboxylic acids is 2. The number of carboxylic acid groups (broad SMARTS) is 2. The molecule has 0 aromatic carbocycles. The Hall–Kier alpha value is -1.32. The van der Waals surface area contributed by atoms with E-state index < -0.39 is 11.9 Å². The van der Waals surface area contributed by atoms with Crippen LogP contribution in [0.1, 0.15) is 181 Å². The van der Waals surface area contributed by atoms with E-state index in [-0.39, 0.29) is 0 Å². The summed E-state index contributed by atoms with van der Waals surface area (Å²) in [5, 5.41) is 17.7. The summed E-state index contributed by atoms with van der Waals surface area (Å²) in [7, 11) is 0. The van der Waals surface area contributed by atoms with Crippen LogP contribution in [0.5, 0.6) is 0 Å². The topological polar surface area (TPSA) is 74.6 Å². The van der Waals surface area contributed by atoms with Crippen molar-refractivity contribution in [3.05, 3.63) is 12.2 Å². The molecule has 4 atom stereocenters. The first-order valence-corrected chi connectivity index (χ1v) is 17.6. The molecule has 0 radical (unpaired) electrons. The lowest BCUT2D eigenvalue weighted by Gasteiger charge is -2.41. The highest BCUT2D eigenvalue weighted by atomic mass is 16.4. The normalized spacial score (nSPS) is 20.6. The number of aliphatic carboxylic acids is 2. The molecule has 0 bridgehead atoms. The van der Waals surface area contributed by atoms with Crippen LogP contribution in [0.2, 0.25) is 0 Å². The summed E-state index contributed by atoms with van der Waals surface area (Å²) < 4.78 is 0. The fraction of sp³-hybridized carbons (Fsp3) is 0.889. The Morgan fingerprint density at radius 1 is 0.450 bits per heavy atom. The molecule has 0 amide bonds. The fourth-order valence-electron chi connectivity index (χ4n) is 7.02. The van der Waals surface area contributed by atoms with Gasteiger partial charge in [0.2, 0.25) is 0 Å². The summed E-state index contributed by atoms with van der Waals surface area (Å²) in [6, 6.07) is 0. The van der Waals surface area contributed by atoms with Gasteiger partial charge in [-0.25, -0.2) is 0 Å². The van der Waals surface area contributed by atoms with Crippen molar-refractivity contribution < 1.29 is 19.8 Å². The van der Waals surface area contributed by atoms with Gasteiger partial charge >= 0.3 is 11.9 Å². The Balaban J connectivity index is 2.67. The van der Waals surface area contributed by atoms with E-state index in [1.807, 2.05) is 0 Å². The SMILES string of the molecule is CCCCCCC[C@@H]1C(CCCCC)C=CC(CCCCCCCCC(=O)O)C1CCCCCCCCC(=O)O. The molecular formula is C36H66O4. The number of carbonyl (C=O) groups is 2. The number of hydrogen-bond donors (Lipinski definition) is 2. The molecule has 0 aromatic rings. The van der Waals surface area contributed by atoms with E-state index in [0.29, 0.717) is 12.8 Å². The minimum atomic E-state index is -0.666. The molecule has 4 heteroatoms. The van der Waals surface area contributed by atoms with Crippen molar-refractivity contribution in [3.63, 3.8) is 0 Å². The second-order valence-electron chi connectivity index (χ2n) is 12.8. The molecule has 0 fully saturated rings. The lowest BCUT2D eigenvalue weighted by atomic mass is 9.64. The van der Waals surface area contributed by atoms with Crippen LogP contribution in [-0.4, -0.2) is 22.2 Å². The van der Waals surface area contributed by atoms with Gasteiger partial charge in [-0.1, -0.05) is 142 Å². The highest BCUT2D eigenvalue weighted by Gasteiger charge is 2.34. The molecule has 0 aromatic heterocycles. The fourth-order valence-corrected chi connectivity index (χ4v) is 7.02. The first-order valence-electron chi connectivity index (χ1n) is 17.6. The van der Waals surface area contributed by atoms with Gasteiger partial charge in [0.05, 0.1) is 0 Å². The minimum absolute atomic E-state index is 0.316. The van der Waals surface area contributed by atoms with Gasteiger partial charge in [0.15, 0.2) is 0 Å². The zero-order valence-corrected chi connectivity index (χ0v) is 26.6. The van der Waals surface area contributed by atoms with E-state index >= 15 is 0 Å². The van der Waals surface area contributed by atoms with Gasteiger partial charge in [-0.2, -0.15) is 0 Å². The average Bonchev–Trinajstić information content (AvgIpc) is 2.92. The average molecular weight is 563 g/mol. The molecule has 3 unspecified atom stereocenters. The second-order valence-corrected chi connectivity index (χ2v) is 12.8. The maximum absolute atomic E-state index is 10.8. The number of unbranched alkanes of at least 4 members (excludes halogenated alkanes) is 16. The predicted molar refractivity (Wildman–Crippen MR) is 170 cm³/mol. The number of rotatable bonds is 28. The van der Waals surface area contributed by atoms with Crippen LogP contribution >= 0.6 is 0 Å². The van der Waals surface area contributed by atoms with Gasteiger partial charge in [0.25, 0.3) is 0 Å². The van der Waals surface area contributed by atoms with Crippen molar-refractivity contribution in [3.8, 4) is 0 Å². The first-order chi connectivity index (χ1) is 19.5. The van der Waals surface area contributed by atoms with Gasteiger partial charge in [-0.3, -0.25) is 9.59 Å². The minimum Gasteiger partial charge on any atom is -0.481 e. The van der Waals surface area contributed by atoms with Gasteiger partial charge in [0.1, 0.15) is 0 Å². The highest BCUT2D eigenvalue weighted by molar-refractivity contribution is 5.66. The molecule has 2 N–H and O–H groups in total. The maximum atomic E-state index is 10.8. The molecular weight excluding hydrogens is 496 g/mol. The molecule has 0 spiro atoms.